The Labute approximate surface area is 192 Å². The van der Waals surface area contributed by atoms with Gasteiger partial charge >= 0.3 is 0 Å². The highest BCUT2D eigenvalue weighted by atomic mass is 16.5. The lowest BCUT2D eigenvalue weighted by molar-refractivity contribution is 0.288. The topological polar surface area (TPSA) is 101 Å². The summed E-state index contributed by atoms with van der Waals surface area (Å²) in [5, 5.41) is 0.585. The van der Waals surface area contributed by atoms with Crippen LogP contribution in [0.5, 0.6) is 11.5 Å². The molecule has 0 spiro atoms. The van der Waals surface area contributed by atoms with Crippen molar-refractivity contribution in [3.63, 3.8) is 0 Å². The van der Waals surface area contributed by atoms with Crippen molar-refractivity contribution in [3.05, 3.63) is 83.0 Å². The number of hydrogen-bond acceptors (Lipinski definition) is 6. The van der Waals surface area contributed by atoms with E-state index >= 15 is 0 Å². The molecule has 0 radical (unpaired) electrons. The van der Waals surface area contributed by atoms with Crippen LogP contribution in [-0.2, 0) is 0 Å². The molecule has 0 saturated carbocycles. The zero-order chi connectivity index (χ0) is 23.0. The Morgan fingerprint density at radius 2 is 1.48 bits per heavy atom. The fourth-order valence-electron chi connectivity index (χ4n) is 3.57. The maximum absolute atomic E-state index is 12.3. The van der Waals surface area contributed by atoms with Gasteiger partial charge in [-0.15, -0.1) is 0 Å². The summed E-state index contributed by atoms with van der Waals surface area (Å²) in [5.41, 5.74) is 14.3. The quantitative estimate of drug-likeness (QED) is 0.242. The molecular formula is C27H28N2O4. The average molecular weight is 445 g/mol. The number of unbranched alkanes of at least 4 members (excludes halogenated alkanes) is 3. The number of benzene rings is 3. The van der Waals surface area contributed by atoms with Crippen LogP contribution in [0.3, 0.4) is 0 Å². The Morgan fingerprint density at radius 3 is 2.27 bits per heavy atom. The van der Waals surface area contributed by atoms with Gasteiger partial charge in [0.15, 0.2) is 5.43 Å². The molecule has 0 fully saturated rings. The third-order valence-corrected chi connectivity index (χ3v) is 5.38. The van der Waals surface area contributed by atoms with E-state index in [1.807, 2.05) is 36.4 Å². The summed E-state index contributed by atoms with van der Waals surface area (Å²) in [4.78, 5) is 12.3. The van der Waals surface area contributed by atoms with Gasteiger partial charge in [-0.1, -0.05) is 12.1 Å². The van der Waals surface area contributed by atoms with Gasteiger partial charge in [-0.25, -0.2) is 0 Å². The second-order valence-corrected chi connectivity index (χ2v) is 7.90. The van der Waals surface area contributed by atoms with Crippen LogP contribution in [-0.4, -0.2) is 13.2 Å². The lowest BCUT2D eigenvalue weighted by Crippen LogP contribution is -2.02. The predicted octanol–water partition coefficient (Wildman–Crippen LogP) is 5.64. The zero-order valence-electron chi connectivity index (χ0n) is 18.5. The normalized spacial score (nSPS) is 10.9. The molecule has 0 bridgehead atoms. The van der Waals surface area contributed by atoms with Crippen LogP contribution in [0.25, 0.3) is 22.3 Å². The molecule has 6 heteroatoms. The van der Waals surface area contributed by atoms with Gasteiger partial charge in [-0.05, 0) is 74.2 Å². The Balaban J connectivity index is 1.18. The molecule has 0 aliphatic heterocycles. The minimum absolute atomic E-state index is 0.0473. The fraction of sp³-hybridized carbons (Fsp3) is 0.222. The van der Waals surface area contributed by atoms with E-state index < -0.39 is 0 Å². The largest absolute Gasteiger partial charge is 0.494 e. The molecule has 0 aliphatic rings. The van der Waals surface area contributed by atoms with E-state index in [9.17, 15) is 4.79 Å². The summed E-state index contributed by atoms with van der Waals surface area (Å²) in [6.45, 7) is 1.26. The molecule has 0 saturated heterocycles. The van der Waals surface area contributed by atoms with Crippen molar-refractivity contribution in [2.45, 2.75) is 25.7 Å². The van der Waals surface area contributed by atoms with Gasteiger partial charge in [0, 0.05) is 23.4 Å². The van der Waals surface area contributed by atoms with Crippen molar-refractivity contribution in [2.24, 2.45) is 0 Å². The maximum atomic E-state index is 12.3. The Morgan fingerprint density at radius 1 is 0.758 bits per heavy atom. The first-order chi connectivity index (χ1) is 16.1. The molecule has 3 aromatic carbocycles. The maximum Gasteiger partial charge on any atom is 0.193 e. The number of para-hydroxylation sites is 1. The van der Waals surface area contributed by atoms with E-state index in [0.29, 0.717) is 47.1 Å². The van der Waals surface area contributed by atoms with Crippen molar-refractivity contribution < 1.29 is 13.9 Å². The average Bonchev–Trinajstić information content (AvgIpc) is 2.83. The summed E-state index contributed by atoms with van der Waals surface area (Å²) in [6.07, 6.45) is 4.00. The lowest BCUT2D eigenvalue weighted by atomic mass is 10.1. The first-order valence-corrected chi connectivity index (χ1v) is 11.1. The monoisotopic (exact) mass is 444 g/mol. The van der Waals surface area contributed by atoms with Crippen LogP contribution >= 0.6 is 0 Å². The Hall–Kier alpha value is -3.93. The number of hydrogen-bond donors (Lipinski definition) is 2. The standard InChI is InChI=1S/C27H28N2O4/c28-20-11-14-23(29)27(17-20)32-16-6-2-1-5-15-31-21-12-9-19(10-13-21)26-18-24(30)22-7-3-4-8-25(22)33-26/h3-4,7-14,17-18H,1-2,5-6,15-16,28-29H2. The molecule has 0 unspecified atom stereocenters. The molecule has 170 valence electrons. The second kappa shape index (κ2) is 10.6. The van der Waals surface area contributed by atoms with E-state index in [1.54, 1.807) is 30.3 Å². The van der Waals surface area contributed by atoms with E-state index in [2.05, 4.69) is 0 Å². The third kappa shape index (κ3) is 5.86. The van der Waals surface area contributed by atoms with E-state index in [0.717, 1.165) is 37.0 Å². The van der Waals surface area contributed by atoms with Gasteiger partial charge in [-0.2, -0.15) is 0 Å². The number of nitrogen functional groups attached to an aromatic ring is 2. The van der Waals surface area contributed by atoms with Crippen molar-refractivity contribution in [3.8, 4) is 22.8 Å². The highest BCUT2D eigenvalue weighted by Gasteiger charge is 2.07. The van der Waals surface area contributed by atoms with Gasteiger partial charge < -0.3 is 25.4 Å². The molecule has 6 nitrogen and oxygen atoms in total. The van der Waals surface area contributed by atoms with E-state index in [1.165, 1.54) is 6.07 Å². The number of fused-ring (bicyclic) bond motifs is 1. The van der Waals surface area contributed by atoms with Gasteiger partial charge in [-0.3, -0.25) is 4.79 Å². The molecule has 0 amide bonds. The van der Waals surface area contributed by atoms with Crippen LogP contribution in [0.2, 0.25) is 0 Å². The molecule has 4 aromatic rings. The van der Waals surface area contributed by atoms with Crippen molar-refractivity contribution in [1.29, 1.82) is 0 Å². The molecule has 0 aliphatic carbocycles. The van der Waals surface area contributed by atoms with Crippen LogP contribution in [0.1, 0.15) is 25.7 Å². The smallest absolute Gasteiger partial charge is 0.193 e. The summed E-state index contributed by atoms with van der Waals surface area (Å²) >= 11 is 0. The highest BCUT2D eigenvalue weighted by molar-refractivity contribution is 5.78. The fourth-order valence-corrected chi connectivity index (χ4v) is 3.57. The van der Waals surface area contributed by atoms with Crippen LogP contribution in [0.4, 0.5) is 11.4 Å². The molecule has 0 atom stereocenters. The van der Waals surface area contributed by atoms with Gasteiger partial charge in [0.1, 0.15) is 22.8 Å². The summed E-state index contributed by atoms with van der Waals surface area (Å²) in [5.74, 6) is 1.99. The SMILES string of the molecule is Nc1ccc(N)c(OCCCCCCOc2ccc(-c3cc(=O)c4ccccc4o3)cc2)c1. The summed E-state index contributed by atoms with van der Waals surface area (Å²) < 4.78 is 17.4. The third-order valence-electron chi connectivity index (χ3n) is 5.38. The number of ether oxygens (including phenoxy) is 2. The first-order valence-electron chi connectivity index (χ1n) is 11.1. The van der Waals surface area contributed by atoms with Gasteiger partial charge in [0.2, 0.25) is 0 Å². The summed E-state index contributed by atoms with van der Waals surface area (Å²) in [7, 11) is 0. The summed E-state index contributed by atoms with van der Waals surface area (Å²) in [6, 6.07) is 21.7. The lowest BCUT2D eigenvalue weighted by Gasteiger charge is -2.10. The first kappa shape index (κ1) is 22.3. The second-order valence-electron chi connectivity index (χ2n) is 7.90. The van der Waals surface area contributed by atoms with Crippen molar-refractivity contribution in [1.82, 2.24) is 0 Å². The van der Waals surface area contributed by atoms with Gasteiger partial charge in [0.05, 0.1) is 24.3 Å². The Kier molecular flexibility index (Phi) is 7.15. The highest BCUT2D eigenvalue weighted by Crippen LogP contribution is 2.25. The molecule has 33 heavy (non-hydrogen) atoms. The number of rotatable bonds is 10. The Bertz CT molecular complexity index is 1270. The van der Waals surface area contributed by atoms with E-state index in [4.69, 9.17) is 25.4 Å². The number of nitrogens with two attached hydrogens (primary N) is 2. The molecule has 4 N–H and O–H groups in total. The van der Waals surface area contributed by atoms with Crippen LogP contribution in [0.15, 0.2) is 82.0 Å². The van der Waals surface area contributed by atoms with Crippen molar-refractivity contribution >= 4 is 22.3 Å². The van der Waals surface area contributed by atoms with Crippen molar-refractivity contribution in [2.75, 3.05) is 24.7 Å². The molecule has 1 aromatic heterocycles. The minimum Gasteiger partial charge on any atom is -0.494 e. The molecule has 4 rings (SSSR count). The minimum atomic E-state index is -0.0473. The van der Waals surface area contributed by atoms with Crippen LogP contribution in [0, 0.1) is 0 Å². The van der Waals surface area contributed by atoms with E-state index in [-0.39, 0.29) is 5.43 Å². The van der Waals surface area contributed by atoms with Crippen LogP contribution < -0.4 is 26.4 Å². The molecular weight excluding hydrogens is 416 g/mol. The van der Waals surface area contributed by atoms with Gasteiger partial charge in [0.25, 0.3) is 0 Å². The zero-order valence-corrected chi connectivity index (χ0v) is 18.5. The predicted molar refractivity (Wildman–Crippen MR) is 133 cm³/mol. The molecule has 1 heterocycles. The number of anilines is 2.